The molecule has 3 aromatic rings. The third-order valence-corrected chi connectivity index (χ3v) is 6.28. The summed E-state index contributed by atoms with van der Waals surface area (Å²) in [5, 5.41) is 3.17. The van der Waals surface area contributed by atoms with Crippen molar-refractivity contribution >= 4 is 5.91 Å². The maximum absolute atomic E-state index is 12.7. The normalized spacial score (nSPS) is 21.5. The third-order valence-electron chi connectivity index (χ3n) is 6.28. The Morgan fingerprint density at radius 3 is 2.21 bits per heavy atom. The largest absolute Gasteiger partial charge is 0.497 e. The summed E-state index contributed by atoms with van der Waals surface area (Å²) in [5.74, 6) is 1.85. The van der Waals surface area contributed by atoms with Gasteiger partial charge in [0, 0.05) is 23.9 Å². The number of hydrogen-bond donors (Lipinski definition) is 1. The predicted octanol–water partition coefficient (Wildman–Crippen LogP) is 4.72. The van der Waals surface area contributed by atoms with Crippen LogP contribution in [0.4, 0.5) is 0 Å². The molecule has 1 N–H and O–H groups in total. The van der Waals surface area contributed by atoms with E-state index in [0.717, 1.165) is 6.42 Å². The Bertz CT molecular complexity index is 994. The molecule has 0 spiro atoms. The first-order valence-electron chi connectivity index (χ1n) is 9.86. The zero-order valence-electron chi connectivity index (χ0n) is 15.9. The Labute approximate surface area is 165 Å². The van der Waals surface area contributed by atoms with Crippen molar-refractivity contribution < 1.29 is 9.53 Å². The standard InChI is InChI=1S/C25H23NO2/c1-28-18-8-6-7-16(13-18)25(27)26-15-17-14-23-19-9-2-4-11-21(19)24(17)22-12-5-3-10-20(22)23/h2-13,17,23-24H,14-15H2,1H3,(H,26,27). The molecule has 140 valence electrons. The number of carbonyl (C=O) groups excluding carboxylic acids is 1. The number of amides is 1. The number of methoxy groups -OCH3 is 1. The molecule has 0 heterocycles. The van der Waals surface area contributed by atoms with Gasteiger partial charge in [0.1, 0.15) is 5.75 Å². The molecule has 2 bridgehead atoms. The lowest BCUT2D eigenvalue weighted by molar-refractivity contribution is 0.0942. The molecular formula is C25H23NO2. The van der Waals surface area contributed by atoms with E-state index in [-0.39, 0.29) is 5.91 Å². The maximum atomic E-state index is 12.7. The second-order valence-electron chi connectivity index (χ2n) is 7.73. The quantitative estimate of drug-likeness (QED) is 0.722. The summed E-state index contributed by atoms with van der Waals surface area (Å²) in [6, 6.07) is 24.9. The van der Waals surface area contributed by atoms with Gasteiger partial charge >= 0.3 is 0 Å². The topological polar surface area (TPSA) is 38.3 Å². The number of fused-ring (bicyclic) bond motifs is 1. The lowest BCUT2D eigenvalue weighted by Crippen LogP contribution is -2.39. The van der Waals surface area contributed by atoms with Gasteiger partial charge in [-0.3, -0.25) is 4.79 Å². The minimum atomic E-state index is -0.0399. The number of ether oxygens (including phenoxy) is 1. The van der Waals surface area contributed by atoms with Crippen molar-refractivity contribution in [2.75, 3.05) is 13.7 Å². The molecule has 3 heteroatoms. The van der Waals surface area contributed by atoms with Crippen LogP contribution >= 0.6 is 0 Å². The van der Waals surface area contributed by atoms with Crippen LogP contribution in [-0.2, 0) is 0 Å². The summed E-state index contributed by atoms with van der Waals surface area (Å²) in [6.07, 6.45) is 1.08. The number of rotatable bonds is 4. The molecule has 0 aliphatic heterocycles. The molecule has 28 heavy (non-hydrogen) atoms. The Morgan fingerprint density at radius 2 is 1.57 bits per heavy atom. The van der Waals surface area contributed by atoms with Gasteiger partial charge in [-0.2, -0.15) is 0 Å². The van der Waals surface area contributed by atoms with Gasteiger partial charge in [-0.15, -0.1) is 0 Å². The van der Waals surface area contributed by atoms with Crippen LogP contribution < -0.4 is 10.1 Å². The molecule has 3 aliphatic rings. The number of benzene rings is 3. The lowest BCUT2D eigenvalue weighted by atomic mass is 9.59. The van der Waals surface area contributed by atoms with Gasteiger partial charge in [-0.1, -0.05) is 54.6 Å². The zero-order valence-corrected chi connectivity index (χ0v) is 15.9. The molecular weight excluding hydrogens is 346 g/mol. The summed E-state index contributed by atoms with van der Waals surface area (Å²) in [5.41, 5.74) is 6.42. The van der Waals surface area contributed by atoms with Gasteiger partial charge in [-0.25, -0.2) is 0 Å². The molecule has 0 radical (unpaired) electrons. The van der Waals surface area contributed by atoms with E-state index in [1.54, 1.807) is 13.2 Å². The Kier molecular flexibility index (Phi) is 4.16. The van der Waals surface area contributed by atoms with Gasteiger partial charge in [0.05, 0.1) is 7.11 Å². The summed E-state index contributed by atoms with van der Waals surface area (Å²) in [7, 11) is 1.62. The summed E-state index contributed by atoms with van der Waals surface area (Å²) in [6.45, 7) is 0.680. The molecule has 0 saturated heterocycles. The third kappa shape index (κ3) is 2.70. The minimum Gasteiger partial charge on any atom is -0.497 e. The fourth-order valence-electron chi connectivity index (χ4n) is 5.05. The summed E-state index contributed by atoms with van der Waals surface area (Å²) < 4.78 is 5.24. The van der Waals surface area contributed by atoms with E-state index >= 15 is 0 Å². The average molecular weight is 369 g/mol. The van der Waals surface area contributed by atoms with Crippen LogP contribution in [0.25, 0.3) is 0 Å². The molecule has 0 saturated carbocycles. The van der Waals surface area contributed by atoms with E-state index in [9.17, 15) is 4.79 Å². The average Bonchev–Trinajstić information content (AvgIpc) is 2.77. The number of carbonyl (C=O) groups is 1. The van der Waals surface area contributed by atoms with Crippen LogP contribution in [0.2, 0.25) is 0 Å². The van der Waals surface area contributed by atoms with Gasteiger partial charge < -0.3 is 10.1 Å². The molecule has 1 unspecified atom stereocenters. The highest BCUT2D eigenvalue weighted by Gasteiger charge is 2.42. The molecule has 6 rings (SSSR count). The van der Waals surface area contributed by atoms with Crippen LogP contribution in [-0.4, -0.2) is 19.6 Å². The summed E-state index contributed by atoms with van der Waals surface area (Å²) >= 11 is 0. The summed E-state index contributed by atoms with van der Waals surface area (Å²) in [4.78, 5) is 12.7. The maximum Gasteiger partial charge on any atom is 0.251 e. The van der Waals surface area contributed by atoms with Gasteiger partial charge in [0.2, 0.25) is 0 Å². The highest BCUT2D eigenvalue weighted by atomic mass is 16.5. The molecule has 3 nitrogen and oxygen atoms in total. The SMILES string of the molecule is COc1cccc(C(=O)NCC2CC3c4ccccc4C2c2ccccc23)c1. The predicted molar refractivity (Wildman–Crippen MR) is 110 cm³/mol. The first kappa shape index (κ1) is 17.1. The molecule has 1 amide bonds. The Morgan fingerprint density at radius 1 is 0.929 bits per heavy atom. The van der Waals surface area contributed by atoms with Crippen molar-refractivity contribution in [3.63, 3.8) is 0 Å². The Hall–Kier alpha value is -3.07. The molecule has 3 aliphatic carbocycles. The smallest absolute Gasteiger partial charge is 0.251 e. The highest BCUT2D eigenvalue weighted by molar-refractivity contribution is 5.94. The number of hydrogen-bond acceptors (Lipinski definition) is 2. The Balaban J connectivity index is 1.41. The monoisotopic (exact) mass is 369 g/mol. The van der Waals surface area contributed by atoms with E-state index in [0.29, 0.717) is 35.6 Å². The van der Waals surface area contributed by atoms with Gasteiger partial charge in [0.25, 0.3) is 5.91 Å². The first-order chi connectivity index (χ1) is 13.8. The van der Waals surface area contributed by atoms with Gasteiger partial charge in [-0.05, 0) is 52.8 Å². The number of nitrogens with one attached hydrogen (secondary N) is 1. The van der Waals surface area contributed by atoms with E-state index in [1.165, 1.54) is 22.3 Å². The van der Waals surface area contributed by atoms with E-state index in [4.69, 9.17) is 4.74 Å². The fraction of sp³-hybridized carbons (Fsp3) is 0.240. The second kappa shape index (κ2) is 6.83. The van der Waals surface area contributed by atoms with Crippen LogP contribution in [0, 0.1) is 5.92 Å². The lowest BCUT2D eigenvalue weighted by Gasteiger charge is -2.45. The molecule has 1 atom stereocenters. The van der Waals surface area contributed by atoms with Crippen molar-refractivity contribution in [1.82, 2.24) is 5.32 Å². The van der Waals surface area contributed by atoms with E-state index in [1.807, 2.05) is 18.2 Å². The van der Waals surface area contributed by atoms with Crippen LogP contribution in [0.15, 0.2) is 72.8 Å². The van der Waals surface area contributed by atoms with Crippen molar-refractivity contribution in [2.45, 2.75) is 18.3 Å². The minimum absolute atomic E-state index is 0.0399. The van der Waals surface area contributed by atoms with Crippen molar-refractivity contribution in [2.24, 2.45) is 5.92 Å². The zero-order chi connectivity index (χ0) is 19.1. The van der Waals surface area contributed by atoms with E-state index < -0.39 is 0 Å². The second-order valence-corrected chi connectivity index (χ2v) is 7.73. The van der Waals surface area contributed by atoms with Crippen molar-refractivity contribution in [3.8, 4) is 5.75 Å². The van der Waals surface area contributed by atoms with Crippen molar-refractivity contribution in [3.05, 3.63) is 101 Å². The van der Waals surface area contributed by atoms with Crippen LogP contribution in [0.3, 0.4) is 0 Å². The molecule has 0 aromatic heterocycles. The molecule has 0 fully saturated rings. The molecule has 3 aromatic carbocycles. The van der Waals surface area contributed by atoms with Crippen LogP contribution in [0.5, 0.6) is 5.75 Å². The van der Waals surface area contributed by atoms with E-state index in [2.05, 4.69) is 53.8 Å². The van der Waals surface area contributed by atoms with Crippen LogP contribution in [0.1, 0.15) is 50.9 Å². The first-order valence-corrected chi connectivity index (χ1v) is 9.86. The van der Waals surface area contributed by atoms with Crippen molar-refractivity contribution in [1.29, 1.82) is 0 Å². The fourth-order valence-corrected chi connectivity index (χ4v) is 5.05. The highest BCUT2D eigenvalue weighted by Crippen LogP contribution is 2.55. The van der Waals surface area contributed by atoms with Gasteiger partial charge in [0.15, 0.2) is 0 Å².